The summed E-state index contributed by atoms with van der Waals surface area (Å²) in [6, 6.07) is 12.5. The number of hydrogen-bond acceptors (Lipinski definition) is 4. The average Bonchev–Trinajstić information content (AvgIpc) is 2.48. The first kappa shape index (κ1) is 15.2. The van der Waals surface area contributed by atoms with E-state index in [4.69, 9.17) is 10.00 Å². The molecular formula is C16H15BrN2O2. The Hall–Kier alpha value is -2.19. The molecule has 0 saturated carbocycles. The Morgan fingerprint density at radius 2 is 2.05 bits per heavy atom. The van der Waals surface area contributed by atoms with E-state index in [1.165, 1.54) is 0 Å². The Labute approximate surface area is 132 Å². The third kappa shape index (κ3) is 3.47. The number of rotatable bonds is 4. The second-order valence-electron chi connectivity index (χ2n) is 4.60. The van der Waals surface area contributed by atoms with Gasteiger partial charge in [-0.1, -0.05) is 0 Å². The van der Waals surface area contributed by atoms with E-state index in [0.717, 1.165) is 15.7 Å². The van der Waals surface area contributed by atoms with Gasteiger partial charge in [-0.3, -0.25) is 0 Å². The number of aromatic hydroxyl groups is 1. The standard InChI is InChI=1S/C16H15BrN2O2/c1-10(13-5-4-12(21-2)8-16(13)20)19-15-6-3-11(9-18)7-14(15)17/h3-8,10,19-20H,1-2H3. The van der Waals surface area contributed by atoms with Crippen LogP contribution in [-0.2, 0) is 0 Å². The van der Waals surface area contributed by atoms with Crippen LogP contribution in [0.1, 0.15) is 24.1 Å². The summed E-state index contributed by atoms with van der Waals surface area (Å²) >= 11 is 3.43. The van der Waals surface area contributed by atoms with Gasteiger partial charge in [0.05, 0.1) is 24.8 Å². The van der Waals surface area contributed by atoms with Gasteiger partial charge in [0.2, 0.25) is 0 Å². The Morgan fingerprint density at radius 1 is 1.29 bits per heavy atom. The highest BCUT2D eigenvalue weighted by Crippen LogP contribution is 2.32. The van der Waals surface area contributed by atoms with Crippen molar-refractivity contribution in [2.24, 2.45) is 0 Å². The van der Waals surface area contributed by atoms with E-state index >= 15 is 0 Å². The van der Waals surface area contributed by atoms with Crippen molar-refractivity contribution < 1.29 is 9.84 Å². The van der Waals surface area contributed by atoms with Crippen LogP contribution in [0, 0.1) is 11.3 Å². The van der Waals surface area contributed by atoms with Gasteiger partial charge in [0.25, 0.3) is 0 Å². The quantitative estimate of drug-likeness (QED) is 0.870. The largest absolute Gasteiger partial charge is 0.507 e. The molecule has 0 bridgehead atoms. The van der Waals surface area contributed by atoms with E-state index in [2.05, 4.69) is 27.3 Å². The number of phenolic OH excluding ortho intramolecular Hbond substituents is 1. The van der Waals surface area contributed by atoms with Gasteiger partial charge in [0.1, 0.15) is 11.5 Å². The fourth-order valence-electron chi connectivity index (χ4n) is 2.03. The smallest absolute Gasteiger partial charge is 0.124 e. The Morgan fingerprint density at radius 3 is 2.62 bits per heavy atom. The zero-order valence-corrected chi connectivity index (χ0v) is 13.3. The van der Waals surface area contributed by atoms with E-state index in [-0.39, 0.29) is 11.8 Å². The van der Waals surface area contributed by atoms with Gasteiger partial charge >= 0.3 is 0 Å². The van der Waals surface area contributed by atoms with Gasteiger partial charge in [0, 0.05) is 21.8 Å². The van der Waals surface area contributed by atoms with Crippen molar-refractivity contribution in [2.75, 3.05) is 12.4 Å². The van der Waals surface area contributed by atoms with Gasteiger partial charge in [-0.15, -0.1) is 0 Å². The molecule has 2 N–H and O–H groups in total. The van der Waals surface area contributed by atoms with Crippen LogP contribution >= 0.6 is 15.9 Å². The molecule has 1 unspecified atom stereocenters. The number of benzene rings is 2. The van der Waals surface area contributed by atoms with Crippen LogP contribution in [0.25, 0.3) is 0 Å². The van der Waals surface area contributed by atoms with Crippen molar-refractivity contribution in [1.29, 1.82) is 5.26 Å². The Balaban J connectivity index is 2.22. The van der Waals surface area contributed by atoms with Gasteiger partial charge in [0.15, 0.2) is 0 Å². The molecule has 0 aromatic heterocycles. The highest BCUT2D eigenvalue weighted by Gasteiger charge is 2.12. The number of methoxy groups -OCH3 is 1. The molecule has 0 spiro atoms. The molecule has 0 aliphatic rings. The van der Waals surface area contributed by atoms with Crippen LogP contribution in [0.4, 0.5) is 5.69 Å². The third-order valence-corrected chi connectivity index (χ3v) is 3.83. The minimum Gasteiger partial charge on any atom is -0.507 e. The number of nitrogens with one attached hydrogen (secondary N) is 1. The maximum atomic E-state index is 10.0. The molecule has 21 heavy (non-hydrogen) atoms. The lowest BCUT2D eigenvalue weighted by Crippen LogP contribution is -2.07. The van der Waals surface area contributed by atoms with Crippen LogP contribution in [-0.4, -0.2) is 12.2 Å². The maximum absolute atomic E-state index is 10.0. The molecule has 4 nitrogen and oxygen atoms in total. The minimum absolute atomic E-state index is 0.0971. The lowest BCUT2D eigenvalue weighted by Gasteiger charge is -2.18. The van der Waals surface area contributed by atoms with Crippen LogP contribution in [0.3, 0.4) is 0 Å². The van der Waals surface area contributed by atoms with Crippen LogP contribution in [0.15, 0.2) is 40.9 Å². The Kier molecular flexibility index (Phi) is 4.71. The molecule has 0 radical (unpaired) electrons. The maximum Gasteiger partial charge on any atom is 0.124 e. The molecule has 0 saturated heterocycles. The summed E-state index contributed by atoms with van der Waals surface area (Å²) in [5, 5.41) is 22.2. The lowest BCUT2D eigenvalue weighted by atomic mass is 10.1. The van der Waals surface area contributed by atoms with Crippen molar-refractivity contribution in [3.63, 3.8) is 0 Å². The van der Waals surface area contributed by atoms with Crippen molar-refractivity contribution in [3.8, 4) is 17.6 Å². The monoisotopic (exact) mass is 346 g/mol. The molecule has 0 fully saturated rings. The number of ether oxygens (including phenoxy) is 1. The van der Waals surface area contributed by atoms with E-state index in [9.17, 15) is 5.11 Å². The summed E-state index contributed by atoms with van der Waals surface area (Å²) in [7, 11) is 1.56. The molecule has 2 aromatic rings. The highest BCUT2D eigenvalue weighted by molar-refractivity contribution is 9.10. The number of anilines is 1. The Bertz CT molecular complexity index is 695. The second-order valence-corrected chi connectivity index (χ2v) is 5.45. The van der Waals surface area contributed by atoms with Crippen LogP contribution < -0.4 is 10.1 Å². The average molecular weight is 347 g/mol. The van der Waals surface area contributed by atoms with Gasteiger partial charge in [-0.05, 0) is 53.2 Å². The van der Waals surface area contributed by atoms with Gasteiger partial charge in [-0.25, -0.2) is 0 Å². The van der Waals surface area contributed by atoms with Crippen molar-refractivity contribution in [1.82, 2.24) is 0 Å². The van der Waals surface area contributed by atoms with E-state index in [0.29, 0.717) is 11.3 Å². The summed E-state index contributed by atoms with van der Waals surface area (Å²) in [6.07, 6.45) is 0. The van der Waals surface area contributed by atoms with E-state index < -0.39 is 0 Å². The summed E-state index contributed by atoms with van der Waals surface area (Å²) in [4.78, 5) is 0. The third-order valence-electron chi connectivity index (χ3n) is 3.17. The molecule has 0 heterocycles. The molecule has 108 valence electrons. The zero-order valence-electron chi connectivity index (χ0n) is 11.7. The van der Waals surface area contributed by atoms with Crippen LogP contribution in [0.2, 0.25) is 0 Å². The second kappa shape index (κ2) is 6.51. The fourth-order valence-corrected chi connectivity index (χ4v) is 2.52. The first-order valence-electron chi connectivity index (χ1n) is 6.38. The summed E-state index contributed by atoms with van der Waals surface area (Å²) in [6.45, 7) is 1.95. The first-order valence-corrected chi connectivity index (χ1v) is 7.17. The SMILES string of the molecule is COc1ccc(C(C)Nc2ccc(C#N)cc2Br)c(O)c1. The number of halogens is 1. The predicted molar refractivity (Wildman–Crippen MR) is 85.6 cm³/mol. The molecule has 5 heteroatoms. The molecule has 1 atom stereocenters. The van der Waals surface area contributed by atoms with E-state index in [1.54, 1.807) is 31.4 Å². The van der Waals surface area contributed by atoms with Gasteiger partial charge < -0.3 is 15.2 Å². The van der Waals surface area contributed by atoms with E-state index in [1.807, 2.05) is 19.1 Å². The van der Waals surface area contributed by atoms with Crippen LogP contribution in [0.5, 0.6) is 11.5 Å². The normalized spacial score (nSPS) is 11.5. The first-order chi connectivity index (χ1) is 10.0. The molecule has 0 amide bonds. The predicted octanol–water partition coefficient (Wildman–Crippen LogP) is 4.21. The highest BCUT2D eigenvalue weighted by atomic mass is 79.9. The summed E-state index contributed by atoms with van der Waals surface area (Å²) < 4.78 is 5.88. The minimum atomic E-state index is -0.0971. The molecule has 0 aliphatic heterocycles. The van der Waals surface area contributed by atoms with Crippen molar-refractivity contribution in [3.05, 3.63) is 52.0 Å². The fraction of sp³-hybridized carbons (Fsp3) is 0.188. The van der Waals surface area contributed by atoms with Crippen molar-refractivity contribution in [2.45, 2.75) is 13.0 Å². The number of nitrogens with zero attached hydrogens (tertiary/aromatic N) is 1. The number of nitriles is 1. The molecular weight excluding hydrogens is 332 g/mol. The number of phenols is 1. The lowest BCUT2D eigenvalue weighted by molar-refractivity contribution is 0.406. The van der Waals surface area contributed by atoms with Crippen molar-refractivity contribution >= 4 is 21.6 Å². The zero-order chi connectivity index (χ0) is 15.4. The summed E-state index contributed by atoms with van der Waals surface area (Å²) in [5.41, 5.74) is 2.22. The molecule has 2 aromatic carbocycles. The molecule has 2 rings (SSSR count). The number of hydrogen-bond donors (Lipinski definition) is 2. The summed E-state index contributed by atoms with van der Waals surface area (Å²) in [5.74, 6) is 0.794. The topological polar surface area (TPSA) is 65.3 Å². The van der Waals surface area contributed by atoms with Gasteiger partial charge in [-0.2, -0.15) is 5.26 Å². The molecule has 0 aliphatic carbocycles.